The lowest BCUT2D eigenvalue weighted by atomic mass is 10.1. The highest BCUT2D eigenvalue weighted by Gasteiger charge is 2.35. The third-order valence-electron chi connectivity index (χ3n) is 3.92. The van der Waals surface area contributed by atoms with E-state index in [4.69, 9.17) is 4.74 Å². The number of allylic oxidation sites excluding steroid dienone is 1. The molecule has 1 heterocycles. The van der Waals surface area contributed by atoms with Crippen molar-refractivity contribution < 1.29 is 18.7 Å². The van der Waals surface area contributed by atoms with Crippen LogP contribution in [0.4, 0.5) is 4.39 Å². The first-order valence-electron chi connectivity index (χ1n) is 7.53. The van der Waals surface area contributed by atoms with Crippen molar-refractivity contribution in [1.82, 2.24) is 4.90 Å². The first-order chi connectivity index (χ1) is 11.6. The second kappa shape index (κ2) is 6.66. The average molecular weight is 325 g/mol. The number of rotatable bonds is 5. The number of methoxy groups -OCH3 is 1. The van der Waals surface area contributed by atoms with E-state index in [1.54, 1.807) is 37.4 Å². The van der Waals surface area contributed by atoms with Gasteiger partial charge in [0, 0.05) is 0 Å². The molecule has 0 atom stereocenters. The van der Waals surface area contributed by atoms with Crippen molar-refractivity contribution in [2.24, 2.45) is 0 Å². The number of halogens is 1. The smallest absolute Gasteiger partial charge is 0.261 e. The van der Waals surface area contributed by atoms with Gasteiger partial charge in [0.05, 0.1) is 24.8 Å². The molecule has 0 radical (unpaired) electrons. The number of imide groups is 1. The van der Waals surface area contributed by atoms with Crippen LogP contribution in [0, 0.1) is 0 Å². The Balaban J connectivity index is 1.73. The van der Waals surface area contributed by atoms with Gasteiger partial charge in [-0.15, -0.1) is 0 Å². The van der Waals surface area contributed by atoms with Crippen molar-refractivity contribution in [2.75, 3.05) is 13.7 Å². The van der Waals surface area contributed by atoms with Gasteiger partial charge >= 0.3 is 0 Å². The summed E-state index contributed by atoms with van der Waals surface area (Å²) in [5, 5.41) is 0. The number of nitrogens with zero attached hydrogens (tertiary/aromatic N) is 1. The van der Waals surface area contributed by atoms with E-state index in [0.29, 0.717) is 23.3 Å². The third-order valence-corrected chi connectivity index (χ3v) is 3.92. The Morgan fingerprint density at radius 1 is 1.04 bits per heavy atom. The normalized spacial score (nSPS) is 14.1. The Hall–Kier alpha value is -2.95. The number of fused-ring (bicyclic) bond motifs is 1. The molecule has 0 N–H and O–H groups in total. The number of benzene rings is 2. The molecular weight excluding hydrogens is 309 g/mol. The highest BCUT2D eigenvalue weighted by molar-refractivity contribution is 6.21. The number of carbonyl (C=O) groups is 2. The Kier molecular flexibility index (Phi) is 4.42. The molecule has 0 aromatic heterocycles. The summed E-state index contributed by atoms with van der Waals surface area (Å²) in [6, 6.07) is 13.8. The summed E-state index contributed by atoms with van der Waals surface area (Å²) in [4.78, 5) is 25.3. The molecule has 0 saturated heterocycles. The van der Waals surface area contributed by atoms with E-state index in [1.807, 2.05) is 18.2 Å². The van der Waals surface area contributed by atoms with Crippen LogP contribution in [-0.2, 0) is 6.42 Å². The fourth-order valence-corrected chi connectivity index (χ4v) is 2.69. The summed E-state index contributed by atoms with van der Waals surface area (Å²) in [6.45, 7) is -0.360. The predicted octanol–water partition coefficient (Wildman–Crippen LogP) is 3.39. The summed E-state index contributed by atoms with van der Waals surface area (Å²) in [5.74, 6) is -0.787. The standard InChI is InChI=1S/C19H16FNO3/c1-24-17-9-5-2-6-13(17)10-11-14(20)12-21-18(22)15-7-3-4-8-16(15)19(21)23/h2-9,11H,10,12H2,1H3/b14-11+. The summed E-state index contributed by atoms with van der Waals surface area (Å²) in [6.07, 6.45) is 1.68. The second-order valence-corrected chi connectivity index (χ2v) is 5.41. The highest BCUT2D eigenvalue weighted by Crippen LogP contribution is 2.24. The fraction of sp³-hybridized carbons (Fsp3) is 0.158. The van der Waals surface area contributed by atoms with E-state index in [9.17, 15) is 14.0 Å². The minimum atomic E-state index is -0.532. The lowest BCUT2D eigenvalue weighted by Crippen LogP contribution is -2.31. The molecule has 4 nitrogen and oxygen atoms in total. The molecule has 0 aliphatic carbocycles. The van der Waals surface area contributed by atoms with Gasteiger partial charge in [0.25, 0.3) is 11.8 Å². The Labute approximate surface area is 139 Å². The summed E-state index contributed by atoms with van der Waals surface area (Å²) in [5.41, 5.74) is 1.47. The van der Waals surface area contributed by atoms with Gasteiger partial charge in [0.15, 0.2) is 0 Å². The summed E-state index contributed by atoms with van der Waals surface area (Å²) < 4.78 is 19.4. The van der Waals surface area contributed by atoms with Gasteiger partial charge in [-0.3, -0.25) is 14.5 Å². The van der Waals surface area contributed by atoms with Crippen LogP contribution in [0.25, 0.3) is 0 Å². The molecule has 1 aliphatic rings. The maximum atomic E-state index is 14.2. The lowest BCUT2D eigenvalue weighted by Gasteiger charge is -2.12. The van der Waals surface area contributed by atoms with Gasteiger partial charge < -0.3 is 4.74 Å². The molecule has 2 aromatic rings. The molecule has 3 rings (SSSR count). The Bertz CT molecular complexity index is 794. The van der Waals surface area contributed by atoms with Gasteiger partial charge in [-0.2, -0.15) is 0 Å². The minimum Gasteiger partial charge on any atom is -0.496 e. The molecule has 122 valence electrons. The van der Waals surface area contributed by atoms with Crippen LogP contribution in [0.3, 0.4) is 0 Å². The topological polar surface area (TPSA) is 46.6 Å². The van der Waals surface area contributed by atoms with Gasteiger partial charge in [-0.25, -0.2) is 4.39 Å². The Morgan fingerprint density at radius 2 is 1.62 bits per heavy atom. The molecule has 0 spiro atoms. The van der Waals surface area contributed by atoms with Crippen molar-refractivity contribution >= 4 is 11.8 Å². The van der Waals surface area contributed by atoms with Crippen LogP contribution in [0.15, 0.2) is 60.4 Å². The van der Waals surface area contributed by atoms with Crippen LogP contribution in [0.2, 0.25) is 0 Å². The molecular formula is C19H16FNO3. The average Bonchev–Trinajstić information content (AvgIpc) is 2.85. The van der Waals surface area contributed by atoms with Gasteiger partial charge in [-0.1, -0.05) is 30.3 Å². The van der Waals surface area contributed by atoms with E-state index in [0.717, 1.165) is 10.5 Å². The van der Waals surface area contributed by atoms with Crippen molar-refractivity contribution in [1.29, 1.82) is 0 Å². The van der Waals surface area contributed by atoms with Crippen LogP contribution in [0.1, 0.15) is 26.3 Å². The van der Waals surface area contributed by atoms with Crippen molar-refractivity contribution in [3.05, 3.63) is 77.1 Å². The van der Waals surface area contributed by atoms with E-state index in [-0.39, 0.29) is 6.54 Å². The molecule has 5 heteroatoms. The second-order valence-electron chi connectivity index (χ2n) is 5.41. The Morgan fingerprint density at radius 3 is 2.25 bits per heavy atom. The molecule has 0 bridgehead atoms. The zero-order valence-corrected chi connectivity index (χ0v) is 13.2. The number of para-hydroxylation sites is 1. The number of carbonyl (C=O) groups excluding carboxylic acids is 2. The van der Waals surface area contributed by atoms with Crippen LogP contribution < -0.4 is 4.74 Å². The SMILES string of the molecule is COc1ccccc1C/C=C(/F)CN1C(=O)c2ccccc2C1=O. The molecule has 2 aromatic carbocycles. The van der Waals surface area contributed by atoms with E-state index >= 15 is 0 Å². The fourth-order valence-electron chi connectivity index (χ4n) is 2.69. The van der Waals surface area contributed by atoms with Crippen LogP contribution in [-0.4, -0.2) is 30.4 Å². The number of ether oxygens (including phenoxy) is 1. The quantitative estimate of drug-likeness (QED) is 0.792. The van der Waals surface area contributed by atoms with Crippen molar-refractivity contribution in [2.45, 2.75) is 6.42 Å². The minimum absolute atomic E-state index is 0.318. The van der Waals surface area contributed by atoms with E-state index < -0.39 is 17.6 Å². The van der Waals surface area contributed by atoms with Gasteiger partial charge in [0.2, 0.25) is 0 Å². The zero-order chi connectivity index (χ0) is 17.1. The molecule has 0 fully saturated rings. The first-order valence-corrected chi connectivity index (χ1v) is 7.53. The largest absolute Gasteiger partial charge is 0.496 e. The van der Waals surface area contributed by atoms with E-state index in [2.05, 4.69) is 0 Å². The number of amides is 2. The van der Waals surface area contributed by atoms with Crippen LogP contribution >= 0.6 is 0 Å². The number of hydrogen-bond acceptors (Lipinski definition) is 3. The predicted molar refractivity (Wildman–Crippen MR) is 87.7 cm³/mol. The maximum Gasteiger partial charge on any atom is 0.261 e. The summed E-state index contributed by atoms with van der Waals surface area (Å²) in [7, 11) is 1.55. The first kappa shape index (κ1) is 15.9. The monoisotopic (exact) mass is 325 g/mol. The van der Waals surface area contributed by atoms with E-state index in [1.165, 1.54) is 6.08 Å². The number of hydrogen-bond donors (Lipinski definition) is 0. The molecule has 1 aliphatic heterocycles. The molecule has 0 unspecified atom stereocenters. The molecule has 2 amide bonds. The third kappa shape index (κ3) is 2.93. The maximum absolute atomic E-state index is 14.2. The molecule has 0 saturated carbocycles. The zero-order valence-electron chi connectivity index (χ0n) is 13.2. The van der Waals surface area contributed by atoms with Gasteiger partial charge in [-0.05, 0) is 36.3 Å². The van der Waals surface area contributed by atoms with Gasteiger partial charge in [0.1, 0.15) is 11.6 Å². The lowest BCUT2D eigenvalue weighted by molar-refractivity contribution is 0.0660. The van der Waals surface area contributed by atoms with Crippen molar-refractivity contribution in [3.63, 3.8) is 0 Å². The molecule has 24 heavy (non-hydrogen) atoms. The van der Waals surface area contributed by atoms with Crippen LogP contribution in [0.5, 0.6) is 5.75 Å². The van der Waals surface area contributed by atoms with Crippen molar-refractivity contribution in [3.8, 4) is 5.75 Å². The highest BCUT2D eigenvalue weighted by atomic mass is 19.1. The summed E-state index contributed by atoms with van der Waals surface area (Å²) >= 11 is 0.